The summed E-state index contributed by atoms with van der Waals surface area (Å²) in [5.74, 6) is 0. The average molecular weight is 161 g/mol. The molecule has 11 heavy (non-hydrogen) atoms. The zero-order valence-electron chi connectivity index (χ0n) is 6.73. The van der Waals surface area contributed by atoms with Crippen LogP contribution in [-0.2, 0) is 4.74 Å². The van der Waals surface area contributed by atoms with E-state index in [1.807, 2.05) is 4.90 Å². The van der Waals surface area contributed by atoms with Crippen molar-refractivity contribution < 1.29 is 14.9 Å². The predicted octanol–water partition coefficient (Wildman–Crippen LogP) is -1.33. The van der Waals surface area contributed by atoms with E-state index in [9.17, 15) is 5.11 Å². The summed E-state index contributed by atoms with van der Waals surface area (Å²) in [5.41, 5.74) is 0. The van der Waals surface area contributed by atoms with Gasteiger partial charge in [-0.15, -0.1) is 0 Å². The number of ether oxygens (including phenoxy) is 1. The molecule has 1 fully saturated rings. The third kappa shape index (κ3) is 2.13. The fraction of sp³-hybridized carbons (Fsp3) is 1.00. The number of hydrogen-bond donors (Lipinski definition) is 2. The highest BCUT2D eigenvalue weighted by molar-refractivity contribution is 4.83. The standard InChI is InChI=1S/C7H15NO3/c1-11-7-5-8(2-3-9)4-6(7)10/h6-7,9-10H,2-5H2,1H3/t6-,7-/m1/s1. The number of aliphatic hydroxyl groups excluding tert-OH is 2. The van der Waals surface area contributed by atoms with E-state index < -0.39 is 6.10 Å². The summed E-state index contributed by atoms with van der Waals surface area (Å²) >= 11 is 0. The first-order chi connectivity index (χ1) is 5.27. The fourth-order valence-electron chi connectivity index (χ4n) is 1.39. The summed E-state index contributed by atoms with van der Waals surface area (Å²) in [6.45, 7) is 2.09. The summed E-state index contributed by atoms with van der Waals surface area (Å²) in [5, 5.41) is 17.9. The van der Waals surface area contributed by atoms with Gasteiger partial charge in [0.2, 0.25) is 0 Å². The molecule has 4 nitrogen and oxygen atoms in total. The van der Waals surface area contributed by atoms with Gasteiger partial charge in [-0.1, -0.05) is 0 Å². The van der Waals surface area contributed by atoms with Crippen molar-refractivity contribution in [2.45, 2.75) is 12.2 Å². The van der Waals surface area contributed by atoms with Gasteiger partial charge in [-0.25, -0.2) is 0 Å². The van der Waals surface area contributed by atoms with Crippen LogP contribution in [0.4, 0.5) is 0 Å². The van der Waals surface area contributed by atoms with Crippen LogP contribution in [0.25, 0.3) is 0 Å². The molecule has 1 saturated heterocycles. The van der Waals surface area contributed by atoms with Gasteiger partial charge < -0.3 is 14.9 Å². The Morgan fingerprint density at radius 1 is 1.55 bits per heavy atom. The molecule has 0 unspecified atom stereocenters. The van der Waals surface area contributed by atoms with Gasteiger partial charge in [0.25, 0.3) is 0 Å². The predicted molar refractivity (Wildman–Crippen MR) is 40.3 cm³/mol. The summed E-state index contributed by atoms with van der Waals surface area (Å²) in [4.78, 5) is 1.98. The highest BCUT2D eigenvalue weighted by atomic mass is 16.5. The molecule has 0 aromatic rings. The quantitative estimate of drug-likeness (QED) is 0.538. The van der Waals surface area contributed by atoms with E-state index in [-0.39, 0.29) is 12.7 Å². The van der Waals surface area contributed by atoms with Crippen molar-refractivity contribution in [1.29, 1.82) is 0 Å². The highest BCUT2D eigenvalue weighted by Crippen LogP contribution is 2.11. The fourth-order valence-corrected chi connectivity index (χ4v) is 1.39. The molecule has 0 spiro atoms. The van der Waals surface area contributed by atoms with Crippen LogP contribution >= 0.6 is 0 Å². The second-order valence-electron chi connectivity index (χ2n) is 2.82. The highest BCUT2D eigenvalue weighted by Gasteiger charge is 2.30. The van der Waals surface area contributed by atoms with Crippen molar-refractivity contribution in [3.63, 3.8) is 0 Å². The summed E-state index contributed by atoms with van der Waals surface area (Å²) in [6.07, 6.45) is -0.479. The minimum atomic E-state index is -0.397. The lowest BCUT2D eigenvalue weighted by Crippen LogP contribution is -2.25. The molecule has 0 bridgehead atoms. The van der Waals surface area contributed by atoms with E-state index in [2.05, 4.69) is 0 Å². The lowest BCUT2D eigenvalue weighted by atomic mass is 10.3. The normalized spacial score (nSPS) is 33.0. The van der Waals surface area contributed by atoms with Gasteiger partial charge in [-0.3, -0.25) is 4.90 Å². The molecule has 0 aliphatic carbocycles. The average Bonchev–Trinajstić information content (AvgIpc) is 2.32. The maximum absolute atomic E-state index is 9.34. The van der Waals surface area contributed by atoms with Crippen molar-refractivity contribution in [2.75, 3.05) is 33.4 Å². The van der Waals surface area contributed by atoms with Gasteiger partial charge in [-0.2, -0.15) is 0 Å². The third-order valence-corrected chi connectivity index (χ3v) is 2.03. The zero-order chi connectivity index (χ0) is 8.27. The van der Waals surface area contributed by atoms with E-state index in [0.717, 1.165) is 6.54 Å². The Hall–Kier alpha value is -0.160. The molecule has 4 heteroatoms. The Balaban J connectivity index is 2.30. The van der Waals surface area contributed by atoms with Crippen LogP contribution < -0.4 is 0 Å². The summed E-state index contributed by atoms with van der Waals surface area (Å²) in [7, 11) is 1.59. The SMILES string of the molecule is CO[C@@H]1CN(CCO)C[C@H]1O. The van der Waals surface area contributed by atoms with Crippen molar-refractivity contribution in [3.05, 3.63) is 0 Å². The van der Waals surface area contributed by atoms with Crippen LogP contribution in [0.1, 0.15) is 0 Å². The maximum atomic E-state index is 9.34. The Labute approximate surface area is 66.4 Å². The maximum Gasteiger partial charge on any atom is 0.0969 e. The van der Waals surface area contributed by atoms with E-state index >= 15 is 0 Å². The first kappa shape index (κ1) is 8.93. The molecular weight excluding hydrogens is 146 g/mol. The van der Waals surface area contributed by atoms with Crippen molar-refractivity contribution in [3.8, 4) is 0 Å². The minimum absolute atomic E-state index is 0.0819. The summed E-state index contributed by atoms with van der Waals surface area (Å²) in [6, 6.07) is 0. The summed E-state index contributed by atoms with van der Waals surface area (Å²) < 4.78 is 5.03. The zero-order valence-corrected chi connectivity index (χ0v) is 6.73. The largest absolute Gasteiger partial charge is 0.395 e. The Morgan fingerprint density at radius 2 is 2.27 bits per heavy atom. The Bertz CT molecular complexity index is 120. The molecule has 66 valence electrons. The minimum Gasteiger partial charge on any atom is -0.395 e. The number of rotatable bonds is 3. The van der Waals surface area contributed by atoms with Crippen LogP contribution in [0.15, 0.2) is 0 Å². The number of hydrogen-bond acceptors (Lipinski definition) is 4. The van der Waals surface area contributed by atoms with Gasteiger partial charge >= 0.3 is 0 Å². The number of β-amino-alcohol motifs (C(OH)–C–C–N with tert-alkyl or cyclic N) is 2. The van der Waals surface area contributed by atoms with E-state index in [0.29, 0.717) is 13.1 Å². The van der Waals surface area contributed by atoms with Gasteiger partial charge in [-0.05, 0) is 0 Å². The van der Waals surface area contributed by atoms with Gasteiger partial charge in [0, 0.05) is 26.7 Å². The molecule has 1 heterocycles. The van der Waals surface area contributed by atoms with Crippen LogP contribution in [0.3, 0.4) is 0 Å². The number of methoxy groups -OCH3 is 1. The molecule has 0 aromatic heterocycles. The van der Waals surface area contributed by atoms with Gasteiger partial charge in [0.05, 0.1) is 18.8 Å². The molecule has 1 aliphatic heterocycles. The van der Waals surface area contributed by atoms with Crippen LogP contribution in [0, 0.1) is 0 Å². The Kier molecular flexibility index (Phi) is 3.26. The molecule has 0 amide bonds. The van der Waals surface area contributed by atoms with Crippen LogP contribution in [-0.4, -0.2) is 60.7 Å². The molecule has 0 radical (unpaired) electrons. The van der Waals surface area contributed by atoms with Gasteiger partial charge in [0.15, 0.2) is 0 Å². The first-order valence-electron chi connectivity index (χ1n) is 3.82. The lowest BCUT2D eigenvalue weighted by Gasteiger charge is -2.12. The molecular formula is C7H15NO3. The van der Waals surface area contributed by atoms with E-state index in [1.54, 1.807) is 7.11 Å². The monoisotopic (exact) mass is 161 g/mol. The smallest absolute Gasteiger partial charge is 0.0969 e. The lowest BCUT2D eigenvalue weighted by molar-refractivity contribution is 0.0214. The van der Waals surface area contributed by atoms with Gasteiger partial charge in [0.1, 0.15) is 0 Å². The number of aliphatic hydroxyl groups is 2. The molecule has 0 saturated carbocycles. The third-order valence-electron chi connectivity index (χ3n) is 2.03. The number of nitrogens with zero attached hydrogens (tertiary/aromatic N) is 1. The van der Waals surface area contributed by atoms with Crippen molar-refractivity contribution in [1.82, 2.24) is 4.90 Å². The second kappa shape index (κ2) is 4.01. The topological polar surface area (TPSA) is 52.9 Å². The molecule has 2 N–H and O–H groups in total. The van der Waals surface area contributed by atoms with E-state index in [4.69, 9.17) is 9.84 Å². The molecule has 0 aromatic carbocycles. The molecule has 2 atom stereocenters. The van der Waals surface area contributed by atoms with Crippen molar-refractivity contribution >= 4 is 0 Å². The van der Waals surface area contributed by atoms with Crippen molar-refractivity contribution in [2.24, 2.45) is 0 Å². The second-order valence-corrected chi connectivity index (χ2v) is 2.82. The van der Waals surface area contributed by atoms with E-state index in [1.165, 1.54) is 0 Å². The number of likely N-dealkylation sites (tertiary alicyclic amines) is 1. The van der Waals surface area contributed by atoms with Crippen LogP contribution in [0.5, 0.6) is 0 Å². The molecule has 1 rings (SSSR count). The van der Waals surface area contributed by atoms with Crippen LogP contribution in [0.2, 0.25) is 0 Å². The first-order valence-corrected chi connectivity index (χ1v) is 3.82. The molecule has 1 aliphatic rings. The Morgan fingerprint density at radius 3 is 2.73 bits per heavy atom.